The summed E-state index contributed by atoms with van der Waals surface area (Å²) in [7, 11) is 0. The van der Waals surface area contributed by atoms with Crippen molar-refractivity contribution in [1.29, 1.82) is 0 Å². The number of carbonyl (C=O) groups is 1. The highest BCUT2D eigenvalue weighted by atomic mass is 16.1. The van der Waals surface area contributed by atoms with Crippen LogP contribution in [0.5, 0.6) is 0 Å². The fraction of sp³-hybridized carbons (Fsp3) is 0.346. The molecular formula is C26H27NO. The van der Waals surface area contributed by atoms with Gasteiger partial charge in [0.15, 0.2) is 5.78 Å². The summed E-state index contributed by atoms with van der Waals surface area (Å²) < 4.78 is 2.51. The Hall–Kier alpha value is -2.61. The zero-order valence-corrected chi connectivity index (χ0v) is 16.6. The molecule has 2 nitrogen and oxygen atoms in total. The molecule has 2 heteroatoms. The van der Waals surface area contributed by atoms with Crippen LogP contribution >= 0.6 is 0 Å². The molecule has 0 radical (unpaired) electrons. The van der Waals surface area contributed by atoms with E-state index < -0.39 is 0 Å². The lowest BCUT2D eigenvalue weighted by Gasteiger charge is -2.23. The SMILES string of the molecule is CC(=O)c1ccc2c(C3CCCCC3)c(-c3ccccc3)n3c2c1C=CCC3. The topological polar surface area (TPSA) is 22.0 Å². The van der Waals surface area contributed by atoms with Crippen LogP contribution in [0.2, 0.25) is 0 Å². The Morgan fingerprint density at radius 3 is 2.54 bits per heavy atom. The minimum absolute atomic E-state index is 0.150. The number of aryl methyl sites for hydroxylation is 1. The average Bonchev–Trinajstić information content (AvgIpc) is 2.90. The second kappa shape index (κ2) is 7.09. The first-order valence-corrected chi connectivity index (χ1v) is 10.7. The van der Waals surface area contributed by atoms with Crippen LogP contribution in [-0.2, 0) is 6.54 Å². The van der Waals surface area contributed by atoms with Gasteiger partial charge in [-0.3, -0.25) is 4.79 Å². The van der Waals surface area contributed by atoms with Crippen LogP contribution in [0.15, 0.2) is 48.5 Å². The number of benzene rings is 2. The van der Waals surface area contributed by atoms with Crippen molar-refractivity contribution in [2.24, 2.45) is 0 Å². The maximum atomic E-state index is 12.3. The normalized spacial score (nSPS) is 17.0. The van der Waals surface area contributed by atoms with E-state index in [9.17, 15) is 4.79 Å². The van der Waals surface area contributed by atoms with Crippen LogP contribution in [-0.4, -0.2) is 10.4 Å². The molecule has 28 heavy (non-hydrogen) atoms. The smallest absolute Gasteiger partial charge is 0.160 e. The summed E-state index contributed by atoms with van der Waals surface area (Å²) in [4.78, 5) is 12.3. The molecule has 0 saturated heterocycles. The first-order valence-electron chi connectivity index (χ1n) is 10.7. The quantitative estimate of drug-likeness (QED) is 0.457. The van der Waals surface area contributed by atoms with Crippen molar-refractivity contribution in [3.63, 3.8) is 0 Å². The average molecular weight is 370 g/mol. The summed E-state index contributed by atoms with van der Waals surface area (Å²) >= 11 is 0. The van der Waals surface area contributed by atoms with Gasteiger partial charge in [-0.1, -0.05) is 73.9 Å². The molecule has 1 saturated carbocycles. The van der Waals surface area contributed by atoms with E-state index in [-0.39, 0.29) is 5.78 Å². The number of carbonyl (C=O) groups excluding carboxylic acids is 1. The van der Waals surface area contributed by atoms with E-state index in [1.807, 2.05) is 0 Å². The van der Waals surface area contributed by atoms with Gasteiger partial charge in [-0.05, 0) is 43.2 Å². The van der Waals surface area contributed by atoms with Gasteiger partial charge in [0.05, 0.1) is 11.2 Å². The molecule has 1 aromatic heterocycles. The fourth-order valence-electron chi connectivity index (χ4n) is 5.32. The standard InChI is InChI=1S/C26H27NO/c1-18(28)21-15-16-23-24(19-10-4-2-5-11-19)25(20-12-6-3-7-13-20)27-17-9-8-14-22(21)26(23)27/h3,6-8,12-16,19H,2,4-5,9-11,17H2,1H3. The molecule has 2 aromatic carbocycles. The molecule has 3 aromatic rings. The van der Waals surface area contributed by atoms with Gasteiger partial charge in [-0.15, -0.1) is 0 Å². The highest BCUT2D eigenvalue weighted by molar-refractivity contribution is 6.07. The van der Waals surface area contributed by atoms with Crippen molar-refractivity contribution in [3.05, 3.63) is 65.2 Å². The number of Topliss-reactive ketones (excluding diaryl/α,β-unsaturated/α-hetero) is 1. The largest absolute Gasteiger partial charge is 0.339 e. The molecule has 0 bridgehead atoms. The zero-order chi connectivity index (χ0) is 19.1. The molecule has 0 spiro atoms. The van der Waals surface area contributed by atoms with E-state index in [2.05, 4.69) is 59.2 Å². The van der Waals surface area contributed by atoms with Crippen LogP contribution in [0.4, 0.5) is 0 Å². The van der Waals surface area contributed by atoms with Crippen molar-refractivity contribution in [1.82, 2.24) is 4.57 Å². The van der Waals surface area contributed by atoms with Crippen LogP contribution in [0.3, 0.4) is 0 Å². The highest BCUT2D eigenvalue weighted by Gasteiger charge is 2.28. The van der Waals surface area contributed by atoms with Crippen molar-refractivity contribution in [2.45, 2.75) is 57.9 Å². The Labute approximate surface area is 166 Å². The third-order valence-electron chi connectivity index (χ3n) is 6.55. The Bertz CT molecular complexity index is 1070. The van der Waals surface area contributed by atoms with Gasteiger partial charge >= 0.3 is 0 Å². The van der Waals surface area contributed by atoms with Crippen LogP contribution in [0.1, 0.15) is 72.9 Å². The molecule has 5 rings (SSSR count). The third-order valence-corrected chi connectivity index (χ3v) is 6.55. The number of hydrogen-bond donors (Lipinski definition) is 0. The Morgan fingerprint density at radius 1 is 1.00 bits per heavy atom. The molecule has 1 fully saturated rings. The number of ketones is 1. The molecule has 0 unspecified atom stereocenters. The van der Waals surface area contributed by atoms with Gasteiger partial charge in [-0.25, -0.2) is 0 Å². The molecule has 1 aliphatic heterocycles. The summed E-state index contributed by atoms with van der Waals surface area (Å²) in [5, 5.41) is 1.36. The first kappa shape index (κ1) is 17.5. The van der Waals surface area contributed by atoms with Gasteiger partial charge in [0.2, 0.25) is 0 Å². The Kier molecular flexibility index (Phi) is 4.43. The molecule has 0 amide bonds. The number of hydrogen-bond acceptors (Lipinski definition) is 1. The monoisotopic (exact) mass is 369 g/mol. The molecule has 1 aliphatic carbocycles. The number of allylic oxidation sites excluding steroid dienone is 1. The van der Waals surface area contributed by atoms with E-state index >= 15 is 0 Å². The zero-order valence-electron chi connectivity index (χ0n) is 16.6. The van der Waals surface area contributed by atoms with E-state index in [0.717, 1.165) is 24.1 Å². The number of nitrogens with zero attached hydrogens (tertiary/aromatic N) is 1. The van der Waals surface area contributed by atoms with E-state index in [1.165, 1.54) is 59.8 Å². The molecule has 2 aliphatic rings. The van der Waals surface area contributed by atoms with Crippen molar-refractivity contribution in [3.8, 4) is 11.3 Å². The van der Waals surface area contributed by atoms with Crippen LogP contribution in [0, 0.1) is 0 Å². The molecular weight excluding hydrogens is 342 g/mol. The van der Waals surface area contributed by atoms with Crippen LogP contribution < -0.4 is 0 Å². The van der Waals surface area contributed by atoms with E-state index in [0.29, 0.717) is 5.92 Å². The molecule has 142 valence electrons. The van der Waals surface area contributed by atoms with Gasteiger partial charge in [0, 0.05) is 23.1 Å². The third kappa shape index (κ3) is 2.74. The second-order valence-electron chi connectivity index (χ2n) is 8.29. The maximum Gasteiger partial charge on any atom is 0.160 e. The second-order valence-corrected chi connectivity index (χ2v) is 8.29. The Morgan fingerprint density at radius 2 is 1.79 bits per heavy atom. The summed E-state index contributed by atoms with van der Waals surface area (Å²) in [6.07, 6.45) is 12.0. The predicted molar refractivity (Wildman–Crippen MR) is 117 cm³/mol. The number of rotatable bonds is 3. The van der Waals surface area contributed by atoms with Gasteiger partial charge in [0.25, 0.3) is 0 Å². The number of aromatic nitrogens is 1. The van der Waals surface area contributed by atoms with E-state index in [1.54, 1.807) is 6.92 Å². The van der Waals surface area contributed by atoms with Crippen molar-refractivity contribution < 1.29 is 4.79 Å². The molecule has 0 atom stereocenters. The van der Waals surface area contributed by atoms with Gasteiger partial charge < -0.3 is 4.57 Å². The van der Waals surface area contributed by atoms with Crippen LogP contribution in [0.25, 0.3) is 28.2 Å². The van der Waals surface area contributed by atoms with E-state index in [4.69, 9.17) is 0 Å². The highest BCUT2D eigenvalue weighted by Crippen LogP contribution is 2.46. The minimum Gasteiger partial charge on any atom is -0.339 e. The lowest BCUT2D eigenvalue weighted by atomic mass is 9.81. The summed E-state index contributed by atoms with van der Waals surface area (Å²) in [6.45, 7) is 2.65. The van der Waals surface area contributed by atoms with Gasteiger partial charge in [0.1, 0.15) is 0 Å². The summed E-state index contributed by atoms with van der Waals surface area (Å²) in [6, 6.07) is 15.1. The predicted octanol–water partition coefficient (Wildman–Crippen LogP) is 6.98. The van der Waals surface area contributed by atoms with Gasteiger partial charge in [-0.2, -0.15) is 0 Å². The summed E-state index contributed by atoms with van der Waals surface area (Å²) in [5.74, 6) is 0.767. The molecule has 2 heterocycles. The maximum absolute atomic E-state index is 12.3. The summed E-state index contributed by atoms with van der Waals surface area (Å²) in [5.41, 5.74) is 7.43. The van der Waals surface area contributed by atoms with Crippen molar-refractivity contribution >= 4 is 22.8 Å². The lowest BCUT2D eigenvalue weighted by molar-refractivity contribution is 0.101. The van der Waals surface area contributed by atoms with Crippen molar-refractivity contribution in [2.75, 3.05) is 0 Å². The molecule has 0 N–H and O–H groups in total. The lowest BCUT2D eigenvalue weighted by Crippen LogP contribution is -2.07. The fourth-order valence-corrected chi connectivity index (χ4v) is 5.32. The minimum atomic E-state index is 0.150. The first-order chi connectivity index (χ1) is 13.8. The Balaban J connectivity index is 1.88.